The van der Waals surface area contributed by atoms with Gasteiger partial charge in [-0.2, -0.15) is 0 Å². The molecule has 2 heterocycles. The van der Waals surface area contributed by atoms with Crippen LogP contribution in [0.5, 0.6) is 0 Å². The minimum Gasteiger partial charge on any atom is -0.103 e. The van der Waals surface area contributed by atoms with Gasteiger partial charge >= 0.3 is 0 Å². The van der Waals surface area contributed by atoms with Gasteiger partial charge in [0.1, 0.15) is 0 Å². The van der Waals surface area contributed by atoms with Crippen molar-refractivity contribution >= 4 is 15.8 Å². The second-order valence-electron chi connectivity index (χ2n) is 5.54. The highest BCUT2D eigenvalue weighted by Crippen LogP contribution is 2.58. The lowest BCUT2D eigenvalue weighted by Gasteiger charge is -2.24. The second kappa shape index (κ2) is 5.46. The summed E-state index contributed by atoms with van der Waals surface area (Å²) in [4.78, 5) is 0. The summed E-state index contributed by atoms with van der Waals surface area (Å²) in [6.07, 6.45) is 11.0. The minimum atomic E-state index is 0.413. The quantitative estimate of drug-likeness (QED) is 0.631. The molecule has 2 heteroatoms. The van der Waals surface area contributed by atoms with Crippen molar-refractivity contribution in [3.8, 4) is 0 Å². The number of hydrogen-bond acceptors (Lipinski definition) is 0. The Morgan fingerprint density at radius 2 is 1.53 bits per heavy atom. The van der Waals surface area contributed by atoms with Crippen LogP contribution < -0.4 is 0 Å². The zero-order valence-corrected chi connectivity index (χ0v) is 12.4. The fourth-order valence-corrected chi connectivity index (χ4v) is 10.2. The van der Waals surface area contributed by atoms with Crippen molar-refractivity contribution in [2.75, 3.05) is 18.5 Å². The van der Waals surface area contributed by atoms with Crippen molar-refractivity contribution in [1.82, 2.24) is 0 Å². The highest BCUT2D eigenvalue weighted by molar-refractivity contribution is 7.63. The second-order valence-corrected chi connectivity index (χ2v) is 11.7. The Balaban J connectivity index is 1.77. The van der Waals surface area contributed by atoms with Crippen molar-refractivity contribution in [1.29, 1.82) is 0 Å². The van der Waals surface area contributed by atoms with Crippen LogP contribution in [0.1, 0.15) is 46.5 Å². The lowest BCUT2D eigenvalue weighted by Crippen LogP contribution is -2.05. The van der Waals surface area contributed by atoms with E-state index >= 15 is 0 Å². The molecule has 2 fully saturated rings. The molecule has 2 rings (SSSR count). The SMILES string of the molecule is CC1CCCP1CCP1C(C)CC[C@@H]1C. The summed E-state index contributed by atoms with van der Waals surface area (Å²) < 4.78 is 0. The van der Waals surface area contributed by atoms with E-state index in [1.807, 2.05) is 0 Å². The molecule has 0 spiro atoms. The van der Waals surface area contributed by atoms with E-state index in [4.69, 9.17) is 0 Å². The molecule has 0 amide bonds. The zero-order valence-electron chi connectivity index (χ0n) is 10.6. The van der Waals surface area contributed by atoms with E-state index in [2.05, 4.69) is 20.8 Å². The molecule has 0 aliphatic carbocycles. The smallest absolute Gasteiger partial charge is 0.0235 e. The molecule has 88 valence electrons. The predicted octanol–water partition coefficient (Wildman–Crippen LogP) is 4.70. The first-order valence-electron chi connectivity index (χ1n) is 6.68. The molecule has 2 saturated heterocycles. The van der Waals surface area contributed by atoms with E-state index in [1.54, 1.807) is 18.5 Å². The summed E-state index contributed by atoms with van der Waals surface area (Å²) in [6.45, 7) is 7.54. The molecule has 0 radical (unpaired) electrons. The van der Waals surface area contributed by atoms with Gasteiger partial charge in [-0.15, -0.1) is 15.8 Å². The van der Waals surface area contributed by atoms with Crippen molar-refractivity contribution in [3.05, 3.63) is 0 Å². The van der Waals surface area contributed by atoms with E-state index < -0.39 is 0 Å². The fourth-order valence-electron chi connectivity index (χ4n) is 3.26. The molecule has 5 atom stereocenters. The third-order valence-corrected chi connectivity index (χ3v) is 11.5. The number of hydrogen-bond donors (Lipinski definition) is 0. The third-order valence-electron chi connectivity index (χ3n) is 4.47. The summed E-state index contributed by atoms with van der Waals surface area (Å²) in [7, 11) is 0.869. The van der Waals surface area contributed by atoms with Gasteiger partial charge in [0.05, 0.1) is 0 Å². The van der Waals surface area contributed by atoms with Crippen LogP contribution in [0.15, 0.2) is 0 Å². The van der Waals surface area contributed by atoms with Gasteiger partial charge < -0.3 is 0 Å². The molecule has 15 heavy (non-hydrogen) atoms. The van der Waals surface area contributed by atoms with Crippen molar-refractivity contribution in [3.63, 3.8) is 0 Å². The molecule has 4 unspecified atom stereocenters. The van der Waals surface area contributed by atoms with Gasteiger partial charge in [-0.05, 0) is 61.1 Å². The van der Waals surface area contributed by atoms with Gasteiger partial charge in [0.2, 0.25) is 0 Å². The van der Waals surface area contributed by atoms with Crippen LogP contribution in [0.4, 0.5) is 0 Å². The van der Waals surface area contributed by atoms with Crippen LogP contribution in [0.3, 0.4) is 0 Å². The van der Waals surface area contributed by atoms with Crippen LogP contribution >= 0.6 is 15.8 Å². The lowest BCUT2D eigenvalue weighted by atomic mass is 10.2. The molecule has 2 aliphatic rings. The maximum atomic E-state index is 2.51. The van der Waals surface area contributed by atoms with Crippen molar-refractivity contribution in [2.45, 2.75) is 63.4 Å². The van der Waals surface area contributed by atoms with Crippen LogP contribution in [0.2, 0.25) is 0 Å². The summed E-state index contributed by atoms with van der Waals surface area (Å²) >= 11 is 0. The predicted molar refractivity (Wildman–Crippen MR) is 75.3 cm³/mol. The Labute approximate surface area is 98.1 Å². The van der Waals surface area contributed by atoms with E-state index in [-0.39, 0.29) is 0 Å². The molecule has 0 nitrogen and oxygen atoms in total. The van der Waals surface area contributed by atoms with Gasteiger partial charge in [0.15, 0.2) is 0 Å². The largest absolute Gasteiger partial charge is 0.103 e. The van der Waals surface area contributed by atoms with E-state index in [1.165, 1.54) is 25.7 Å². The summed E-state index contributed by atoms with van der Waals surface area (Å²) in [5.74, 6) is 0. The topological polar surface area (TPSA) is 0 Å². The maximum absolute atomic E-state index is 2.51. The third kappa shape index (κ3) is 2.95. The zero-order chi connectivity index (χ0) is 10.8. The van der Waals surface area contributed by atoms with Gasteiger partial charge in [0, 0.05) is 0 Å². The molecule has 0 N–H and O–H groups in total. The van der Waals surface area contributed by atoms with Crippen molar-refractivity contribution < 1.29 is 0 Å². The molecule has 2 aliphatic heterocycles. The van der Waals surface area contributed by atoms with Gasteiger partial charge in [-0.25, -0.2) is 0 Å². The molecule has 0 saturated carbocycles. The Bertz CT molecular complexity index is 195. The van der Waals surface area contributed by atoms with E-state index in [0.717, 1.165) is 17.0 Å². The molecule has 0 aromatic heterocycles. The molecular weight excluding hydrogens is 218 g/mol. The normalized spacial score (nSPS) is 46.2. The first kappa shape index (κ1) is 12.3. The number of rotatable bonds is 3. The molecule has 0 aromatic rings. The summed E-state index contributed by atoms with van der Waals surface area (Å²) in [5, 5.41) is 0. The highest BCUT2D eigenvalue weighted by Gasteiger charge is 2.31. The van der Waals surface area contributed by atoms with Gasteiger partial charge in [-0.3, -0.25) is 0 Å². The van der Waals surface area contributed by atoms with Gasteiger partial charge in [-0.1, -0.05) is 20.8 Å². The lowest BCUT2D eigenvalue weighted by molar-refractivity contribution is 0.777. The van der Waals surface area contributed by atoms with Crippen molar-refractivity contribution in [2.24, 2.45) is 0 Å². The fraction of sp³-hybridized carbons (Fsp3) is 1.00. The average molecular weight is 244 g/mol. The molecule has 0 aromatic carbocycles. The van der Waals surface area contributed by atoms with Crippen LogP contribution in [0.25, 0.3) is 0 Å². The van der Waals surface area contributed by atoms with E-state index in [9.17, 15) is 0 Å². The summed E-state index contributed by atoms with van der Waals surface area (Å²) in [5.41, 5.74) is 3.27. The maximum Gasteiger partial charge on any atom is -0.0235 e. The minimum absolute atomic E-state index is 0.413. The first-order chi connectivity index (χ1) is 7.18. The van der Waals surface area contributed by atoms with E-state index in [0.29, 0.717) is 15.8 Å². The standard InChI is InChI=1S/C13H26P2/c1-11-5-4-8-14(11)9-10-15-12(2)6-7-13(15)3/h11-13H,4-10H2,1-3H3/t11?,12-,13?,14?,15?/m0/s1. The van der Waals surface area contributed by atoms with Crippen LogP contribution in [-0.4, -0.2) is 35.5 Å². The first-order valence-corrected chi connectivity index (χ1v) is 10.1. The average Bonchev–Trinajstić information content (AvgIpc) is 2.73. The molecular formula is C13H26P2. The Morgan fingerprint density at radius 1 is 0.867 bits per heavy atom. The highest BCUT2D eigenvalue weighted by atomic mass is 31.1. The molecule has 0 bridgehead atoms. The monoisotopic (exact) mass is 244 g/mol. The Morgan fingerprint density at radius 3 is 2.07 bits per heavy atom. The summed E-state index contributed by atoms with van der Waals surface area (Å²) in [6, 6.07) is 0. The van der Waals surface area contributed by atoms with Crippen LogP contribution in [-0.2, 0) is 0 Å². The van der Waals surface area contributed by atoms with Crippen LogP contribution in [0, 0.1) is 0 Å². The van der Waals surface area contributed by atoms with Gasteiger partial charge in [0.25, 0.3) is 0 Å². The Hall–Kier alpha value is 0.860. The Kier molecular flexibility index (Phi) is 4.49.